The van der Waals surface area contributed by atoms with Crippen LogP contribution in [0.15, 0.2) is 34.7 Å². The number of ether oxygens (including phenoxy) is 2. The van der Waals surface area contributed by atoms with Crippen LogP contribution in [0.5, 0.6) is 11.5 Å². The molecule has 2 aromatic rings. The minimum atomic E-state index is -1.10. The van der Waals surface area contributed by atoms with Crippen molar-refractivity contribution in [1.29, 1.82) is 0 Å². The van der Waals surface area contributed by atoms with E-state index in [4.69, 9.17) is 19.0 Å². The Kier molecular flexibility index (Phi) is 4.30. The fraction of sp³-hybridized carbons (Fsp3) is 0.267. The third-order valence-corrected chi connectivity index (χ3v) is 2.88. The highest BCUT2D eigenvalue weighted by Crippen LogP contribution is 2.29. The molecule has 0 amide bonds. The minimum Gasteiger partial charge on any atom is -0.493 e. The number of aromatic carboxylic acids is 1. The molecule has 5 heteroatoms. The molecule has 20 heavy (non-hydrogen) atoms. The lowest BCUT2D eigenvalue weighted by molar-refractivity contribution is 0.0658. The van der Waals surface area contributed by atoms with Gasteiger partial charge in [0.25, 0.3) is 0 Å². The molecule has 0 fully saturated rings. The Morgan fingerprint density at radius 2 is 2.05 bits per heavy atom. The van der Waals surface area contributed by atoms with E-state index in [9.17, 15) is 4.79 Å². The molecule has 5 nitrogen and oxygen atoms in total. The molecule has 0 unspecified atom stereocenters. The summed E-state index contributed by atoms with van der Waals surface area (Å²) in [5, 5.41) is 8.77. The van der Waals surface area contributed by atoms with Crippen molar-refractivity contribution in [3.05, 3.63) is 47.4 Å². The first kappa shape index (κ1) is 14.0. The van der Waals surface area contributed by atoms with Crippen LogP contribution < -0.4 is 9.47 Å². The monoisotopic (exact) mass is 276 g/mol. The van der Waals surface area contributed by atoms with Crippen molar-refractivity contribution in [2.24, 2.45) is 0 Å². The van der Waals surface area contributed by atoms with Crippen molar-refractivity contribution in [2.75, 3.05) is 7.11 Å². The molecule has 0 aliphatic rings. The van der Waals surface area contributed by atoms with Crippen molar-refractivity contribution in [1.82, 2.24) is 0 Å². The van der Waals surface area contributed by atoms with Crippen LogP contribution in [0.2, 0.25) is 0 Å². The van der Waals surface area contributed by atoms with Gasteiger partial charge in [0.15, 0.2) is 11.5 Å². The summed E-state index contributed by atoms with van der Waals surface area (Å²) in [7, 11) is 1.58. The van der Waals surface area contributed by atoms with Crippen LogP contribution in [-0.2, 0) is 13.0 Å². The van der Waals surface area contributed by atoms with E-state index in [1.165, 1.54) is 6.07 Å². The number of carboxylic acids is 1. The zero-order valence-corrected chi connectivity index (χ0v) is 11.4. The maximum atomic E-state index is 10.7. The van der Waals surface area contributed by atoms with Gasteiger partial charge in [-0.05, 0) is 36.2 Å². The lowest BCUT2D eigenvalue weighted by atomic mass is 10.1. The van der Waals surface area contributed by atoms with Gasteiger partial charge in [0.1, 0.15) is 12.4 Å². The molecule has 0 aliphatic heterocycles. The Hall–Kier alpha value is -2.43. The van der Waals surface area contributed by atoms with E-state index in [0.717, 1.165) is 12.0 Å². The molecule has 0 aliphatic carbocycles. The molecule has 1 heterocycles. The Balaban J connectivity index is 2.07. The lowest BCUT2D eigenvalue weighted by Gasteiger charge is -2.10. The molecule has 106 valence electrons. The van der Waals surface area contributed by atoms with Crippen LogP contribution in [0, 0.1) is 0 Å². The van der Waals surface area contributed by atoms with Gasteiger partial charge < -0.3 is 19.0 Å². The molecule has 0 saturated heterocycles. The average molecular weight is 276 g/mol. The van der Waals surface area contributed by atoms with Crippen molar-refractivity contribution in [2.45, 2.75) is 20.0 Å². The van der Waals surface area contributed by atoms with Gasteiger partial charge in [0, 0.05) is 0 Å². The molecular weight excluding hydrogens is 260 g/mol. The van der Waals surface area contributed by atoms with Crippen LogP contribution >= 0.6 is 0 Å². The van der Waals surface area contributed by atoms with Gasteiger partial charge in [0.05, 0.1) is 7.11 Å². The maximum absolute atomic E-state index is 10.7. The third-order valence-electron chi connectivity index (χ3n) is 2.88. The van der Waals surface area contributed by atoms with E-state index >= 15 is 0 Å². The highest BCUT2D eigenvalue weighted by atomic mass is 16.5. The Labute approximate surface area is 116 Å². The van der Waals surface area contributed by atoms with Gasteiger partial charge in [-0.15, -0.1) is 0 Å². The van der Waals surface area contributed by atoms with Gasteiger partial charge in [-0.25, -0.2) is 4.79 Å². The highest BCUT2D eigenvalue weighted by molar-refractivity contribution is 5.84. The molecule has 1 aromatic carbocycles. The van der Waals surface area contributed by atoms with Crippen LogP contribution in [-0.4, -0.2) is 18.2 Å². The molecular formula is C15H16O5. The number of rotatable bonds is 6. The molecule has 0 atom stereocenters. The summed E-state index contributed by atoms with van der Waals surface area (Å²) in [5.41, 5.74) is 1.15. The minimum absolute atomic E-state index is 0.100. The second-order valence-corrected chi connectivity index (χ2v) is 4.20. The first-order valence-corrected chi connectivity index (χ1v) is 6.25. The van der Waals surface area contributed by atoms with Gasteiger partial charge >= 0.3 is 5.97 Å². The number of hydrogen-bond donors (Lipinski definition) is 1. The molecule has 0 saturated carbocycles. The predicted octanol–water partition coefficient (Wildman–Crippen LogP) is 3.13. The van der Waals surface area contributed by atoms with Crippen molar-refractivity contribution < 1.29 is 23.8 Å². The molecule has 2 rings (SSSR count). The molecule has 0 spiro atoms. The SMILES string of the molecule is CCc1ccc(OCc2ccc(C(=O)O)o2)c(OC)c1. The van der Waals surface area contributed by atoms with Crippen molar-refractivity contribution in [3.8, 4) is 11.5 Å². The number of furan rings is 1. The third kappa shape index (κ3) is 3.12. The van der Waals surface area contributed by atoms with E-state index in [-0.39, 0.29) is 12.4 Å². The first-order chi connectivity index (χ1) is 9.63. The Morgan fingerprint density at radius 1 is 1.25 bits per heavy atom. The van der Waals surface area contributed by atoms with E-state index in [2.05, 4.69) is 6.92 Å². The molecule has 0 radical (unpaired) electrons. The topological polar surface area (TPSA) is 68.9 Å². The summed E-state index contributed by atoms with van der Waals surface area (Å²) in [6, 6.07) is 8.69. The van der Waals surface area contributed by atoms with Gasteiger partial charge in [-0.3, -0.25) is 0 Å². The van der Waals surface area contributed by atoms with Crippen LogP contribution in [0.25, 0.3) is 0 Å². The lowest BCUT2D eigenvalue weighted by Crippen LogP contribution is -1.98. The zero-order chi connectivity index (χ0) is 14.5. The number of carboxylic acid groups (broad SMARTS) is 1. The summed E-state index contributed by atoms with van der Waals surface area (Å²) in [6.45, 7) is 2.21. The van der Waals surface area contributed by atoms with Gasteiger partial charge in [-0.1, -0.05) is 13.0 Å². The second-order valence-electron chi connectivity index (χ2n) is 4.20. The van der Waals surface area contributed by atoms with Crippen LogP contribution in [0.3, 0.4) is 0 Å². The summed E-state index contributed by atoms with van der Waals surface area (Å²) in [4.78, 5) is 10.7. The quantitative estimate of drug-likeness (QED) is 0.877. The van der Waals surface area contributed by atoms with E-state index in [0.29, 0.717) is 17.3 Å². The van der Waals surface area contributed by atoms with Gasteiger partial charge in [0.2, 0.25) is 5.76 Å². The Bertz CT molecular complexity index is 600. The maximum Gasteiger partial charge on any atom is 0.371 e. The standard InChI is InChI=1S/C15H16O5/c1-3-10-4-6-12(14(8-10)18-2)19-9-11-5-7-13(20-11)15(16)17/h4-8H,3,9H2,1-2H3,(H,16,17). The summed E-state index contributed by atoms with van der Waals surface area (Å²) in [6.07, 6.45) is 0.913. The molecule has 0 bridgehead atoms. The van der Waals surface area contributed by atoms with Crippen molar-refractivity contribution in [3.63, 3.8) is 0 Å². The molecule has 1 N–H and O–H groups in total. The predicted molar refractivity (Wildman–Crippen MR) is 72.4 cm³/mol. The fourth-order valence-corrected chi connectivity index (χ4v) is 1.77. The summed E-state index contributed by atoms with van der Waals surface area (Å²) in [5.74, 6) is 0.495. The van der Waals surface area contributed by atoms with E-state index in [1.807, 2.05) is 18.2 Å². The number of methoxy groups -OCH3 is 1. The number of benzene rings is 1. The van der Waals surface area contributed by atoms with Crippen LogP contribution in [0.1, 0.15) is 28.8 Å². The average Bonchev–Trinajstić information content (AvgIpc) is 2.94. The number of aryl methyl sites for hydroxylation is 1. The normalized spacial score (nSPS) is 10.3. The molecule has 1 aromatic heterocycles. The summed E-state index contributed by atoms with van der Waals surface area (Å²) >= 11 is 0. The largest absolute Gasteiger partial charge is 0.493 e. The Morgan fingerprint density at radius 3 is 2.65 bits per heavy atom. The fourth-order valence-electron chi connectivity index (χ4n) is 1.77. The van der Waals surface area contributed by atoms with E-state index < -0.39 is 5.97 Å². The smallest absolute Gasteiger partial charge is 0.371 e. The van der Waals surface area contributed by atoms with Gasteiger partial charge in [-0.2, -0.15) is 0 Å². The number of hydrogen-bond acceptors (Lipinski definition) is 4. The summed E-state index contributed by atoms with van der Waals surface area (Å²) < 4.78 is 16.0. The van der Waals surface area contributed by atoms with Crippen molar-refractivity contribution >= 4 is 5.97 Å². The first-order valence-electron chi connectivity index (χ1n) is 6.25. The van der Waals surface area contributed by atoms with Crippen LogP contribution in [0.4, 0.5) is 0 Å². The highest BCUT2D eigenvalue weighted by Gasteiger charge is 2.10. The zero-order valence-electron chi connectivity index (χ0n) is 11.4. The second kappa shape index (κ2) is 6.14. The van der Waals surface area contributed by atoms with E-state index in [1.54, 1.807) is 13.2 Å². The number of carbonyl (C=O) groups is 1.